The third-order valence-electron chi connectivity index (χ3n) is 6.23. The Bertz CT molecular complexity index is 862. The summed E-state index contributed by atoms with van der Waals surface area (Å²) in [5.41, 5.74) is 2.25. The molecule has 4 heterocycles. The molecule has 1 saturated carbocycles. The lowest BCUT2D eigenvalue weighted by atomic mass is 9.84. The van der Waals surface area contributed by atoms with Gasteiger partial charge in [0.25, 0.3) is 5.91 Å². The van der Waals surface area contributed by atoms with E-state index >= 15 is 0 Å². The molecule has 4 fully saturated rings. The molecule has 136 valence electrons. The first-order valence-corrected chi connectivity index (χ1v) is 9.70. The molecule has 3 aliphatic heterocycles. The van der Waals surface area contributed by atoms with E-state index in [-0.39, 0.29) is 17.9 Å². The van der Waals surface area contributed by atoms with Crippen LogP contribution in [0.2, 0.25) is 0 Å². The van der Waals surface area contributed by atoms with E-state index in [0.29, 0.717) is 23.8 Å². The molecule has 1 amide bonds. The number of piperidine rings is 3. The molecule has 0 unspecified atom stereocenters. The van der Waals surface area contributed by atoms with Crippen LogP contribution in [0.1, 0.15) is 41.7 Å². The number of Topliss-reactive ketones (excluding diaryl/α,β-unsaturated/α-hetero) is 1. The molecule has 2 bridgehead atoms. The number of H-pyrrole nitrogens is 1. The van der Waals surface area contributed by atoms with Crippen LogP contribution in [0.15, 0.2) is 18.2 Å². The number of nitrogens with zero attached hydrogens (tertiary/aromatic N) is 2. The Morgan fingerprint density at radius 3 is 2.69 bits per heavy atom. The van der Waals surface area contributed by atoms with Gasteiger partial charge < -0.3 is 10.2 Å². The fourth-order valence-corrected chi connectivity index (χ4v) is 4.46. The maximum Gasteiger partial charge on any atom is 0.272 e. The van der Waals surface area contributed by atoms with E-state index in [1.54, 1.807) is 0 Å². The van der Waals surface area contributed by atoms with Gasteiger partial charge in [-0.25, -0.2) is 0 Å². The summed E-state index contributed by atoms with van der Waals surface area (Å²) < 4.78 is 0. The Morgan fingerprint density at radius 1 is 1.19 bits per heavy atom. The standard InChI is InChI=1S/C20H24N4O2/c25-18(14-2-3-14)10-12-1-4-16-15(9-12)19(23-22-16)20(26)21-17-11-24-7-5-13(17)6-8-24/h1,4,9,13-14,17H,2-3,5-8,10-11H2,(H,21,26)(H,22,23)/t17-/m1/s1. The topological polar surface area (TPSA) is 78.1 Å². The lowest BCUT2D eigenvalue weighted by molar-refractivity contribution is -0.119. The van der Waals surface area contributed by atoms with Crippen molar-refractivity contribution in [2.45, 2.75) is 38.1 Å². The maximum absolute atomic E-state index is 12.8. The van der Waals surface area contributed by atoms with Gasteiger partial charge >= 0.3 is 0 Å². The zero-order valence-corrected chi connectivity index (χ0v) is 14.8. The van der Waals surface area contributed by atoms with E-state index in [2.05, 4.69) is 20.4 Å². The molecule has 6 nitrogen and oxygen atoms in total. The van der Waals surface area contributed by atoms with Gasteiger partial charge in [0.15, 0.2) is 5.69 Å². The summed E-state index contributed by atoms with van der Waals surface area (Å²) in [5, 5.41) is 11.2. The zero-order valence-electron chi connectivity index (χ0n) is 14.8. The Balaban J connectivity index is 1.35. The molecular formula is C20H24N4O2. The number of hydrogen-bond donors (Lipinski definition) is 2. The Labute approximate surface area is 152 Å². The average molecular weight is 352 g/mol. The molecule has 26 heavy (non-hydrogen) atoms. The fourth-order valence-electron chi connectivity index (χ4n) is 4.46. The van der Waals surface area contributed by atoms with Crippen molar-refractivity contribution in [2.75, 3.05) is 19.6 Å². The molecule has 1 aliphatic carbocycles. The van der Waals surface area contributed by atoms with Crippen LogP contribution >= 0.6 is 0 Å². The predicted octanol–water partition coefficient (Wildman–Crippen LogP) is 1.91. The van der Waals surface area contributed by atoms with Gasteiger partial charge in [-0.3, -0.25) is 14.7 Å². The molecule has 0 radical (unpaired) electrons. The highest BCUT2D eigenvalue weighted by molar-refractivity contribution is 6.05. The van der Waals surface area contributed by atoms with Crippen molar-refractivity contribution in [2.24, 2.45) is 11.8 Å². The molecule has 2 N–H and O–H groups in total. The third-order valence-corrected chi connectivity index (χ3v) is 6.23. The van der Waals surface area contributed by atoms with Gasteiger partial charge in [-0.15, -0.1) is 0 Å². The van der Waals surface area contributed by atoms with E-state index in [1.165, 1.54) is 12.8 Å². The molecule has 1 aromatic carbocycles. The van der Waals surface area contributed by atoms with Crippen molar-refractivity contribution >= 4 is 22.6 Å². The first kappa shape index (κ1) is 16.0. The second-order valence-electron chi connectivity index (χ2n) is 8.09. The second-order valence-corrected chi connectivity index (χ2v) is 8.09. The quantitative estimate of drug-likeness (QED) is 0.862. The minimum absolute atomic E-state index is 0.110. The number of amides is 1. The fraction of sp³-hybridized carbons (Fsp3) is 0.550. The van der Waals surface area contributed by atoms with Gasteiger partial charge in [0.1, 0.15) is 5.78 Å². The number of carbonyl (C=O) groups excluding carboxylic acids is 2. The van der Waals surface area contributed by atoms with Crippen molar-refractivity contribution in [3.05, 3.63) is 29.5 Å². The van der Waals surface area contributed by atoms with Crippen molar-refractivity contribution in [1.29, 1.82) is 0 Å². The smallest absolute Gasteiger partial charge is 0.272 e. The largest absolute Gasteiger partial charge is 0.346 e. The second kappa shape index (κ2) is 6.20. The van der Waals surface area contributed by atoms with Crippen molar-refractivity contribution < 1.29 is 9.59 Å². The van der Waals surface area contributed by atoms with Gasteiger partial charge in [0.05, 0.1) is 5.52 Å². The molecule has 0 spiro atoms. The maximum atomic E-state index is 12.8. The number of hydrogen-bond acceptors (Lipinski definition) is 4. The van der Waals surface area contributed by atoms with E-state index < -0.39 is 0 Å². The zero-order chi connectivity index (χ0) is 17.7. The molecule has 4 aliphatic rings. The van der Waals surface area contributed by atoms with Gasteiger partial charge in [-0.1, -0.05) is 6.07 Å². The first-order chi connectivity index (χ1) is 12.7. The number of carbonyl (C=O) groups is 2. The molecule has 6 heteroatoms. The van der Waals surface area contributed by atoms with E-state index in [1.807, 2.05) is 18.2 Å². The molecule has 1 atom stereocenters. The molecular weight excluding hydrogens is 328 g/mol. The minimum Gasteiger partial charge on any atom is -0.346 e. The van der Waals surface area contributed by atoms with Gasteiger partial charge in [0, 0.05) is 30.3 Å². The Hall–Kier alpha value is -2.21. The highest BCUT2D eigenvalue weighted by atomic mass is 16.2. The van der Waals surface area contributed by atoms with E-state index in [4.69, 9.17) is 0 Å². The van der Waals surface area contributed by atoms with Crippen molar-refractivity contribution in [3.8, 4) is 0 Å². The van der Waals surface area contributed by atoms with Crippen LogP contribution in [0.25, 0.3) is 10.9 Å². The SMILES string of the molecule is O=C(N[C@@H]1CN2CCC1CC2)c1n[nH]c2ccc(CC(=O)C3CC3)cc12. The van der Waals surface area contributed by atoms with Crippen LogP contribution in [0.5, 0.6) is 0 Å². The van der Waals surface area contributed by atoms with Crippen molar-refractivity contribution in [3.63, 3.8) is 0 Å². The highest BCUT2D eigenvalue weighted by Crippen LogP contribution is 2.31. The summed E-state index contributed by atoms with van der Waals surface area (Å²) in [4.78, 5) is 27.4. The third kappa shape index (κ3) is 2.92. The number of fused-ring (bicyclic) bond motifs is 4. The number of aromatic amines is 1. The van der Waals surface area contributed by atoms with Crippen LogP contribution in [0, 0.1) is 11.8 Å². The average Bonchev–Trinajstić information content (AvgIpc) is 3.43. The number of ketones is 1. The normalized spacial score (nSPS) is 27.6. The minimum atomic E-state index is -0.110. The van der Waals surface area contributed by atoms with Crippen LogP contribution in [-0.4, -0.2) is 52.5 Å². The summed E-state index contributed by atoms with van der Waals surface area (Å²) >= 11 is 0. The number of aromatic nitrogens is 2. The summed E-state index contributed by atoms with van der Waals surface area (Å²) in [5.74, 6) is 1.04. The van der Waals surface area contributed by atoms with Crippen LogP contribution < -0.4 is 5.32 Å². The molecule has 3 saturated heterocycles. The lowest BCUT2D eigenvalue weighted by Crippen LogP contribution is -2.57. The number of benzene rings is 1. The summed E-state index contributed by atoms with van der Waals surface area (Å²) in [6.45, 7) is 3.25. The number of rotatable bonds is 5. The lowest BCUT2D eigenvalue weighted by Gasteiger charge is -2.44. The van der Waals surface area contributed by atoms with E-state index in [0.717, 1.165) is 48.9 Å². The van der Waals surface area contributed by atoms with Gasteiger partial charge in [-0.2, -0.15) is 5.10 Å². The van der Waals surface area contributed by atoms with Gasteiger partial charge in [0.2, 0.25) is 0 Å². The predicted molar refractivity (Wildman–Crippen MR) is 97.9 cm³/mol. The summed E-state index contributed by atoms with van der Waals surface area (Å²) in [6.07, 6.45) is 4.84. The van der Waals surface area contributed by atoms with Crippen LogP contribution in [0.3, 0.4) is 0 Å². The van der Waals surface area contributed by atoms with Crippen LogP contribution in [0.4, 0.5) is 0 Å². The summed E-state index contributed by atoms with van der Waals surface area (Å²) in [7, 11) is 0. The Morgan fingerprint density at radius 2 is 2.00 bits per heavy atom. The molecule has 2 aromatic rings. The Kier molecular flexibility index (Phi) is 3.81. The van der Waals surface area contributed by atoms with E-state index in [9.17, 15) is 9.59 Å². The summed E-state index contributed by atoms with van der Waals surface area (Å²) in [6, 6.07) is 6.04. The highest BCUT2D eigenvalue weighted by Gasteiger charge is 2.35. The number of nitrogens with one attached hydrogen (secondary N) is 2. The van der Waals surface area contributed by atoms with Gasteiger partial charge in [-0.05, 0) is 62.4 Å². The van der Waals surface area contributed by atoms with Crippen LogP contribution in [-0.2, 0) is 11.2 Å². The molecule has 6 rings (SSSR count). The van der Waals surface area contributed by atoms with Crippen molar-refractivity contribution in [1.82, 2.24) is 20.4 Å². The molecule has 1 aromatic heterocycles. The first-order valence-electron chi connectivity index (χ1n) is 9.70. The monoisotopic (exact) mass is 352 g/mol.